The van der Waals surface area contributed by atoms with Crippen molar-refractivity contribution < 1.29 is 9.72 Å². The number of nitro groups is 1. The van der Waals surface area contributed by atoms with Crippen molar-refractivity contribution in [3.63, 3.8) is 0 Å². The van der Waals surface area contributed by atoms with Crippen LogP contribution in [0.2, 0.25) is 0 Å². The average Bonchev–Trinajstić information content (AvgIpc) is 2.68. The van der Waals surface area contributed by atoms with Crippen molar-refractivity contribution in [3.8, 4) is 0 Å². The third kappa shape index (κ3) is 4.17. The minimum Gasteiger partial charge on any atom is -0.350 e. The van der Waals surface area contributed by atoms with Gasteiger partial charge in [-0.15, -0.1) is 0 Å². The van der Waals surface area contributed by atoms with Gasteiger partial charge in [0.25, 0.3) is 11.6 Å². The second-order valence-corrected chi connectivity index (χ2v) is 6.97. The third-order valence-corrected chi connectivity index (χ3v) is 5.39. The zero-order valence-electron chi connectivity index (χ0n) is 15.8. The van der Waals surface area contributed by atoms with E-state index in [2.05, 4.69) is 41.4 Å². The number of nitrogens with zero attached hydrogens (tertiary/aromatic N) is 2. The van der Waals surface area contributed by atoms with Gasteiger partial charge < -0.3 is 5.32 Å². The molecule has 6 nitrogen and oxygen atoms in total. The summed E-state index contributed by atoms with van der Waals surface area (Å²) in [6.45, 7) is 6.13. The lowest BCUT2D eigenvalue weighted by Crippen LogP contribution is -2.45. The minimum atomic E-state index is -0.452. The monoisotopic (exact) mass is 367 g/mol. The number of benzene rings is 2. The van der Waals surface area contributed by atoms with Gasteiger partial charge in [0, 0.05) is 42.9 Å². The van der Waals surface area contributed by atoms with Gasteiger partial charge in [0.2, 0.25) is 0 Å². The third-order valence-electron chi connectivity index (χ3n) is 5.39. The van der Waals surface area contributed by atoms with Gasteiger partial charge in [-0.05, 0) is 37.0 Å². The lowest BCUT2D eigenvalue weighted by Gasteiger charge is -2.35. The molecule has 0 saturated carbocycles. The Kier molecular flexibility index (Phi) is 5.86. The van der Waals surface area contributed by atoms with Crippen LogP contribution in [0.1, 0.15) is 40.4 Å². The van der Waals surface area contributed by atoms with E-state index >= 15 is 0 Å². The highest BCUT2D eigenvalue weighted by Crippen LogP contribution is 2.22. The Morgan fingerprint density at radius 1 is 1.22 bits per heavy atom. The van der Waals surface area contributed by atoms with E-state index in [4.69, 9.17) is 0 Å². The number of amides is 1. The van der Waals surface area contributed by atoms with Crippen molar-refractivity contribution in [2.24, 2.45) is 0 Å². The van der Waals surface area contributed by atoms with Crippen LogP contribution in [0.15, 0.2) is 42.5 Å². The molecule has 1 aliphatic heterocycles. The molecule has 1 heterocycles. The number of rotatable bonds is 6. The molecular formula is C21H25N3O3. The van der Waals surface area contributed by atoms with Crippen LogP contribution >= 0.6 is 0 Å². The molecule has 142 valence electrons. The fourth-order valence-electron chi connectivity index (χ4n) is 3.73. The predicted molar refractivity (Wildman–Crippen MR) is 105 cm³/mol. The number of fused-ring (bicyclic) bond motifs is 1. The van der Waals surface area contributed by atoms with Crippen molar-refractivity contribution in [3.05, 3.63) is 74.8 Å². The Morgan fingerprint density at radius 3 is 2.67 bits per heavy atom. The van der Waals surface area contributed by atoms with E-state index < -0.39 is 4.92 Å². The van der Waals surface area contributed by atoms with Crippen LogP contribution in [0.5, 0.6) is 0 Å². The number of carbonyl (C=O) groups is 1. The number of hydrogen-bond acceptors (Lipinski definition) is 4. The molecule has 0 aromatic heterocycles. The molecule has 1 atom stereocenters. The molecular weight excluding hydrogens is 342 g/mol. The van der Waals surface area contributed by atoms with Crippen LogP contribution in [0.25, 0.3) is 0 Å². The summed E-state index contributed by atoms with van der Waals surface area (Å²) in [5.41, 5.74) is 3.49. The molecule has 2 aromatic carbocycles. The van der Waals surface area contributed by atoms with E-state index in [1.165, 1.54) is 17.2 Å². The van der Waals surface area contributed by atoms with E-state index in [1.807, 2.05) is 0 Å². The SMILES string of the molecule is CC[C@@H](CNC(=O)c1cccc([N+](=O)[O-])c1C)N1CCc2ccccc2C1. The Hall–Kier alpha value is -2.73. The molecule has 0 fully saturated rings. The van der Waals surface area contributed by atoms with Gasteiger partial charge in [-0.3, -0.25) is 19.8 Å². The summed E-state index contributed by atoms with van der Waals surface area (Å²) in [5.74, 6) is -0.257. The van der Waals surface area contributed by atoms with E-state index in [0.29, 0.717) is 17.7 Å². The van der Waals surface area contributed by atoms with E-state index in [0.717, 1.165) is 25.9 Å². The maximum Gasteiger partial charge on any atom is 0.273 e. The number of carbonyl (C=O) groups excluding carboxylic acids is 1. The van der Waals surface area contributed by atoms with Gasteiger partial charge in [0.15, 0.2) is 0 Å². The highest BCUT2D eigenvalue weighted by molar-refractivity contribution is 5.96. The summed E-state index contributed by atoms with van der Waals surface area (Å²) in [4.78, 5) is 25.6. The minimum absolute atomic E-state index is 0.0256. The summed E-state index contributed by atoms with van der Waals surface area (Å²) in [7, 11) is 0. The second-order valence-electron chi connectivity index (χ2n) is 6.97. The lowest BCUT2D eigenvalue weighted by molar-refractivity contribution is -0.385. The number of nitrogens with one attached hydrogen (secondary N) is 1. The Bertz CT molecular complexity index is 850. The Labute approximate surface area is 159 Å². The van der Waals surface area contributed by atoms with E-state index in [1.54, 1.807) is 19.1 Å². The van der Waals surface area contributed by atoms with Gasteiger partial charge in [0.1, 0.15) is 0 Å². The van der Waals surface area contributed by atoms with Crippen molar-refractivity contribution in [1.82, 2.24) is 10.2 Å². The fraction of sp³-hybridized carbons (Fsp3) is 0.381. The molecule has 0 spiro atoms. The summed E-state index contributed by atoms with van der Waals surface area (Å²) < 4.78 is 0. The molecule has 3 rings (SSSR count). The molecule has 1 N–H and O–H groups in total. The highest BCUT2D eigenvalue weighted by Gasteiger charge is 2.24. The fourth-order valence-corrected chi connectivity index (χ4v) is 3.73. The summed E-state index contributed by atoms with van der Waals surface area (Å²) in [6.07, 6.45) is 1.95. The van der Waals surface area contributed by atoms with Gasteiger partial charge in [-0.1, -0.05) is 37.3 Å². The smallest absolute Gasteiger partial charge is 0.273 e. The van der Waals surface area contributed by atoms with Crippen LogP contribution in [0.3, 0.4) is 0 Å². The van der Waals surface area contributed by atoms with Gasteiger partial charge >= 0.3 is 0 Å². The molecule has 1 amide bonds. The molecule has 6 heteroatoms. The Balaban J connectivity index is 1.66. The van der Waals surface area contributed by atoms with Crippen LogP contribution < -0.4 is 5.32 Å². The first kappa shape index (κ1) is 19.0. The first-order valence-corrected chi connectivity index (χ1v) is 9.34. The van der Waals surface area contributed by atoms with E-state index in [-0.39, 0.29) is 17.6 Å². The lowest BCUT2D eigenvalue weighted by atomic mass is 9.98. The quantitative estimate of drug-likeness (QED) is 0.627. The van der Waals surface area contributed by atoms with Crippen molar-refractivity contribution in [2.75, 3.05) is 13.1 Å². The van der Waals surface area contributed by atoms with Crippen molar-refractivity contribution >= 4 is 11.6 Å². The largest absolute Gasteiger partial charge is 0.350 e. The molecule has 0 unspecified atom stereocenters. The topological polar surface area (TPSA) is 75.5 Å². The highest BCUT2D eigenvalue weighted by atomic mass is 16.6. The number of nitro benzene ring substituents is 1. The first-order valence-electron chi connectivity index (χ1n) is 9.34. The second kappa shape index (κ2) is 8.31. The van der Waals surface area contributed by atoms with Gasteiger partial charge in [-0.2, -0.15) is 0 Å². The average molecular weight is 367 g/mol. The van der Waals surface area contributed by atoms with Gasteiger partial charge in [0.05, 0.1) is 4.92 Å². The van der Waals surface area contributed by atoms with Crippen molar-refractivity contribution in [2.45, 2.75) is 39.3 Å². The molecule has 0 aliphatic carbocycles. The maximum atomic E-state index is 12.6. The molecule has 0 saturated heterocycles. The summed E-state index contributed by atoms with van der Waals surface area (Å²) in [5, 5.41) is 14.1. The molecule has 2 aromatic rings. The van der Waals surface area contributed by atoms with Crippen molar-refractivity contribution in [1.29, 1.82) is 0 Å². The number of hydrogen-bond donors (Lipinski definition) is 1. The van der Waals surface area contributed by atoms with Gasteiger partial charge in [-0.25, -0.2) is 0 Å². The van der Waals surface area contributed by atoms with Crippen LogP contribution in [0, 0.1) is 17.0 Å². The summed E-state index contributed by atoms with van der Waals surface area (Å²) in [6, 6.07) is 13.3. The predicted octanol–water partition coefficient (Wildman–Crippen LogP) is 3.47. The zero-order chi connectivity index (χ0) is 19.4. The molecule has 1 aliphatic rings. The normalized spacial score (nSPS) is 15.0. The molecule has 0 radical (unpaired) electrons. The summed E-state index contributed by atoms with van der Waals surface area (Å²) >= 11 is 0. The van der Waals surface area contributed by atoms with E-state index in [9.17, 15) is 14.9 Å². The van der Waals surface area contributed by atoms with Crippen LogP contribution in [0.4, 0.5) is 5.69 Å². The molecule has 27 heavy (non-hydrogen) atoms. The first-order chi connectivity index (χ1) is 13.0. The van der Waals surface area contributed by atoms with Crippen LogP contribution in [-0.2, 0) is 13.0 Å². The maximum absolute atomic E-state index is 12.6. The standard InChI is InChI=1S/C21H25N3O3/c1-3-18(23-12-11-16-7-4-5-8-17(16)14-23)13-22-21(25)19-9-6-10-20(15(19)2)24(26)27/h4-10,18H,3,11-14H2,1-2H3,(H,22,25)/t18-/m0/s1. The molecule has 0 bridgehead atoms. The zero-order valence-corrected chi connectivity index (χ0v) is 15.8. The van der Waals surface area contributed by atoms with Crippen LogP contribution in [-0.4, -0.2) is 34.9 Å². The Morgan fingerprint density at radius 2 is 1.96 bits per heavy atom.